The molecule has 2 aromatic carbocycles. The molecule has 0 saturated carbocycles. The minimum Gasteiger partial charge on any atom is -0.490 e. The van der Waals surface area contributed by atoms with Gasteiger partial charge in [-0.05, 0) is 62.2 Å². The van der Waals surface area contributed by atoms with Crippen molar-refractivity contribution in [2.24, 2.45) is 7.05 Å². The van der Waals surface area contributed by atoms with Crippen LogP contribution >= 0.6 is 11.6 Å². The molecular weight excluding hydrogens is 448 g/mol. The molecule has 0 saturated heterocycles. The van der Waals surface area contributed by atoms with Crippen molar-refractivity contribution >= 4 is 17.5 Å². The molecule has 1 aromatic heterocycles. The third-order valence-electron chi connectivity index (χ3n) is 4.77. The van der Waals surface area contributed by atoms with Crippen molar-refractivity contribution in [1.82, 2.24) is 19.7 Å². The normalized spacial score (nSPS) is 10.7. The molecule has 9 nitrogen and oxygen atoms in total. The van der Waals surface area contributed by atoms with E-state index in [1.807, 2.05) is 32.0 Å². The van der Waals surface area contributed by atoms with E-state index in [-0.39, 0.29) is 12.2 Å². The molecular formula is C23H25ClN4O5. The minimum absolute atomic E-state index is 0.253. The second kappa shape index (κ2) is 10.8. The fourth-order valence-electron chi connectivity index (χ4n) is 3.12. The lowest BCUT2D eigenvalue weighted by atomic mass is 10.1. The highest BCUT2D eigenvalue weighted by molar-refractivity contribution is 6.30. The second-order valence-corrected chi connectivity index (χ2v) is 7.47. The number of hydrogen-bond acceptors (Lipinski definition) is 6. The first kappa shape index (κ1) is 24.1. The Morgan fingerprint density at radius 1 is 1.03 bits per heavy atom. The summed E-state index contributed by atoms with van der Waals surface area (Å²) in [7, 11) is 1.30. The molecule has 0 atom stereocenters. The van der Waals surface area contributed by atoms with E-state index in [9.17, 15) is 14.4 Å². The number of hydrogen-bond donors (Lipinski definition) is 1. The van der Waals surface area contributed by atoms with Gasteiger partial charge in [0.25, 0.3) is 11.5 Å². The number of ether oxygens (including phenoxy) is 2. The number of halogens is 1. The van der Waals surface area contributed by atoms with Gasteiger partial charge in [-0.15, -0.1) is 0 Å². The van der Waals surface area contributed by atoms with Gasteiger partial charge in [0.1, 0.15) is 0 Å². The highest BCUT2D eigenvalue weighted by Crippen LogP contribution is 2.28. The highest BCUT2D eigenvalue weighted by Gasteiger charge is 2.18. The molecule has 0 aliphatic heterocycles. The van der Waals surface area contributed by atoms with Crippen molar-refractivity contribution < 1.29 is 14.3 Å². The highest BCUT2D eigenvalue weighted by atomic mass is 35.5. The lowest BCUT2D eigenvalue weighted by molar-refractivity contribution is 0.0944. The molecule has 1 heterocycles. The molecule has 174 valence electrons. The predicted octanol–water partition coefficient (Wildman–Crippen LogP) is 2.35. The van der Waals surface area contributed by atoms with Crippen molar-refractivity contribution in [1.29, 1.82) is 0 Å². The van der Waals surface area contributed by atoms with Crippen LogP contribution in [0.1, 0.15) is 29.9 Å². The Bertz CT molecular complexity index is 1250. The van der Waals surface area contributed by atoms with Gasteiger partial charge in [0.15, 0.2) is 11.5 Å². The van der Waals surface area contributed by atoms with Gasteiger partial charge in [0, 0.05) is 18.6 Å². The van der Waals surface area contributed by atoms with Crippen molar-refractivity contribution in [3.63, 3.8) is 0 Å². The van der Waals surface area contributed by atoms with E-state index in [0.29, 0.717) is 41.8 Å². The number of rotatable bonds is 9. The van der Waals surface area contributed by atoms with Crippen LogP contribution < -0.4 is 26.0 Å². The molecule has 3 rings (SSSR count). The Labute approximate surface area is 195 Å². The summed E-state index contributed by atoms with van der Waals surface area (Å²) in [6, 6.07) is 11.9. The van der Waals surface area contributed by atoms with Crippen LogP contribution in [0.5, 0.6) is 11.5 Å². The van der Waals surface area contributed by atoms with Gasteiger partial charge in [-0.1, -0.05) is 17.7 Å². The zero-order valence-electron chi connectivity index (χ0n) is 18.6. The Morgan fingerprint density at radius 3 is 2.36 bits per heavy atom. The molecule has 3 aromatic rings. The SMILES string of the molecule is CCOc1ccc(CCNC(=O)c2nn(-c3ccc(Cl)cc3)c(=O)n(C)c2=O)cc1OCC. The molecule has 10 heteroatoms. The average molecular weight is 473 g/mol. The third kappa shape index (κ3) is 5.61. The van der Waals surface area contributed by atoms with E-state index < -0.39 is 17.2 Å². The maximum Gasteiger partial charge on any atom is 0.351 e. The number of carbonyl (C=O) groups is 1. The van der Waals surface area contributed by atoms with Gasteiger partial charge >= 0.3 is 5.69 Å². The monoisotopic (exact) mass is 472 g/mol. The summed E-state index contributed by atoms with van der Waals surface area (Å²) < 4.78 is 13.0. The van der Waals surface area contributed by atoms with Crippen LogP contribution in [0.25, 0.3) is 5.69 Å². The average Bonchev–Trinajstić information content (AvgIpc) is 2.80. The number of nitrogens with one attached hydrogen (secondary N) is 1. The van der Waals surface area contributed by atoms with E-state index in [1.54, 1.807) is 24.3 Å². The van der Waals surface area contributed by atoms with E-state index in [0.717, 1.165) is 14.8 Å². The van der Waals surface area contributed by atoms with Crippen molar-refractivity contribution in [2.75, 3.05) is 19.8 Å². The van der Waals surface area contributed by atoms with E-state index in [4.69, 9.17) is 21.1 Å². The number of nitrogens with zero attached hydrogens (tertiary/aromatic N) is 3. The summed E-state index contributed by atoms with van der Waals surface area (Å²) in [5.74, 6) is 0.618. The largest absolute Gasteiger partial charge is 0.490 e. The van der Waals surface area contributed by atoms with Crippen molar-refractivity contribution in [3.8, 4) is 17.2 Å². The van der Waals surface area contributed by atoms with Crippen LogP contribution in [-0.4, -0.2) is 40.0 Å². The molecule has 1 amide bonds. The topological polar surface area (TPSA) is 104 Å². The molecule has 1 N–H and O–H groups in total. The Balaban J connectivity index is 1.77. The molecule has 0 aliphatic carbocycles. The summed E-state index contributed by atoms with van der Waals surface area (Å²) in [5, 5.41) is 7.18. The molecule has 0 aliphatic rings. The first-order valence-electron chi connectivity index (χ1n) is 10.5. The summed E-state index contributed by atoms with van der Waals surface area (Å²) >= 11 is 5.89. The quantitative estimate of drug-likeness (QED) is 0.512. The Kier molecular flexibility index (Phi) is 7.89. The van der Waals surface area contributed by atoms with Crippen LogP contribution in [-0.2, 0) is 13.5 Å². The van der Waals surface area contributed by atoms with Crippen molar-refractivity contribution in [3.05, 3.63) is 79.6 Å². The number of carbonyl (C=O) groups excluding carboxylic acids is 1. The van der Waals surface area contributed by atoms with E-state index >= 15 is 0 Å². The van der Waals surface area contributed by atoms with Gasteiger partial charge < -0.3 is 14.8 Å². The van der Waals surface area contributed by atoms with Crippen LogP contribution in [0, 0.1) is 0 Å². The zero-order chi connectivity index (χ0) is 24.0. The van der Waals surface area contributed by atoms with Gasteiger partial charge in [-0.2, -0.15) is 9.78 Å². The van der Waals surface area contributed by atoms with Crippen molar-refractivity contribution in [2.45, 2.75) is 20.3 Å². The molecule has 33 heavy (non-hydrogen) atoms. The molecule has 0 bridgehead atoms. The molecule has 0 unspecified atom stereocenters. The molecule has 0 spiro atoms. The summed E-state index contributed by atoms with van der Waals surface area (Å²) in [6.07, 6.45) is 0.495. The predicted molar refractivity (Wildman–Crippen MR) is 125 cm³/mol. The summed E-state index contributed by atoms with van der Waals surface area (Å²) in [6.45, 7) is 5.06. The number of benzene rings is 2. The van der Waals surface area contributed by atoms with Crippen LogP contribution in [0.3, 0.4) is 0 Å². The van der Waals surface area contributed by atoms with Gasteiger partial charge in [-0.3, -0.25) is 14.2 Å². The van der Waals surface area contributed by atoms with E-state index in [1.165, 1.54) is 7.05 Å². The van der Waals surface area contributed by atoms with Crippen LogP contribution in [0.2, 0.25) is 5.02 Å². The van der Waals surface area contributed by atoms with Crippen LogP contribution in [0.4, 0.5) is 0 Å². The lowest BCUT2D eigenvalue weighted by Crippen LogP contribution is -2.44. The Morgan fingerprint density at radius 2 is 1.70 bits per heavy atom. The third-order valence-corrected chi connectivity index (χ3v) is 5.02. The lowest BCUT2D eigenvalue weighted by Gasteiger charge is -2.13. The van der Waals surface area contributed by atoms with Gasteiger partial charge in [0.05, 0.1) is 18.9 Å². The van der Waals surface area contributed by atoms with Gasteiger partial charge in [0.2, 0.25) is 5.69 Å². The minimum atomic E-state index is -0.776. The molecule has 0 radical (unpaired) electrons. The Hall–Kier alpha value is -3.59. The first-order valence-corrected chi connectivity index (χ1v) is 10.9. The van der Waals surface area contributed by atoms with E-state index in [2.05, 4.69) is 10.4 Å². The second-order valence-electron chi connectivity index (χ2n) is 7.04. The molecule has 0 fully saturated rings. The summed E-state index contributed by atoms with van der Waals surface area (Å²) in [4.78, 5) is 37.7. The summed E-state index contributed by atoms with van der Waals surface area (Å²) in [5.41, 5.74) is -0.519. The fourth-order valence-corrected chi connectivity index (χ4v) is 3.25. The van der Waals surface area contributed by atoms with Gasteiger partial charge in [-0.25, -0.2) is 4.79 Å². The number of aromatic nitrogens is 3. The zero-order valence-corrected chi connectivity index (χ0v) is 19.4. The van der Waals surface area contributed by atoms with Crippen LogP contribution in [0.15, 0.2) is 52.1 Å². The maximum absolute atomic E-state index is 12.7. The smallest absolute Gasteiger partial charge is 0.351 e. The first-order chi connectivity index (χ1) is 15.8. The number of amides is 1. The standard InChI is InChI=1S/C23H25ClN4O5/c1-4-32-18-11-6-15(14-19(18)33-5-2)12-13-25-21(29)20-22(30)27(3)23(31)28(26-20)17-9-7-16(24)8-10-17/h6-11,14H,4-5,12-13H2,1-3H3,(H,25,29). The fraction of sp³-hybridized carbons (Fsp3) is 0.304. The maximum atomic E-state index is 12.7.